The van der Waals surface area contributed by atoms with E-state index < -0.39 is 4.92 Å². The van der Waals surface area contributed by atoms with Gasteiger partial charge in [0.15, 0.2) is 0 Å². The highest BCUT2D eigenvalue weighted by Crippen LogP contribution is 2.21. The van der Waals surface area contributed by atoms with E-state index in [1.54, 1.807) is 38.1 Å². The van der Waals surface area contributed by atoms with Crippen LogP contribution in [0.1, 0.15) is 40.1 Å². The van der Waals surface area contributed by atoms with E-state index in [2.05, 4.69) is 15.3 Å². The lowest BCUT2D eigenvalue weighted by atomic mass is 10.2. The van der Waals surface area contributed by atoms with Crippen LogP contribution in [0.15, 0.2) is 18.5 Å². The molecule has 0 aromatic carbocycles. The fourth-order valence-corrected chi connectivity index (χ4v) is 3.18. The van der Waals surface area contributed by atoms with Crippen LogP contribution in [-0.4, -0.2) is 52.1 Å². The molecule has 3 aromatic heterocycles. The second kappa shape index (κ2) is 7.86. The molecule has 3 aromatic rings. The highest BCUT2D eigenvalue weighted by atomic mass is 16.6. The van der Waals surface area contributed by atoms with Crippen molar-refractivity contribution in [2.45, 2.75) is 47.5 Å². The fourth-order valence-electron chi connectivity index (χ4n) is 3.18. The summed E-state index contributed by atoms with van der Waals surface area (Å²) in [6, 6.07) is 1.63. The molecule has 3 rings (SSSR count). The van der Waals surface area contributed by atoms with Crippen LogP contribution in [0, 0.1) is 30.9 Å². The van der Waals surface area contributed by atoms with Gasteiger partial charge in [0.05, 0.1) is 10.6 Å². The van der Waals surface area contributed by atoms with Gasteiger partial charge in [-0.2, -0.15) is 15.3 Å². The molecule has 0 N–H and O–H groups in total. The first kappa shape index (κ1) is 20.2. The summed E-state index contributed by atoms with van der Waals surface area (Å²) in [7, 11) is 1.72. The first-order valence-electron chi connectivity index (χ1n) is 9.21. The maximum atomic E-state index is 12.7. The molecule has 11 nitrogen and oxygen atoms in total. The molecule has 0 bridgehead atoms. The van der Waals surface area contributed by atoms with Gasteiger partial charge in [-0.15, -0.1) is 0 Å². The summed E-state index contributed by atoms with van der Waals surface area (Å²) in [6.45, 7) is 8.54. The van der Waals surface area contributed by atoms with Crippen molar-refractivity contribution >= 4 is 11.6 Å². The van der Waals surface area contributed by atoms with Gasteiger partial charge in [-0.05, 0) is 33.8 Å². The summed E-state index contributed by atoms with van der Waals surface area (Å²) in [5.74, 6) is -0.216. The highest BCUT2D eigenvalue weighted by Gasteiger charge is 2.22. The zero-order valence-electron chi connectivity index (χ0n) is 17.2. The van der Waals surface area contributed by atoms with Gasteiger partial charge in [0.2, 0.25) is 0 Å². The molecule has 0 aliphatic carbocycles. The van der Waals surface area contributed by atoms with Crippen LogP contribution >= 0.6 is 0 Å². The predicted octanol–water partition coefficient (Wildman–Crippen LogP) is 1.91. The van der Waals surface area contributed by atoms with E-state index in [1.165, 1.54) is 9.36 Å². The van der Waals surface area contributed by atoms with Gasteiger partial charge in [0.25, 0.3) is 5.91 Å². The van der Waals surface area contributed by atoms with Crippen molar-refractivity contribution < 1.29 is 9.72 Å². The first-order valence-corrected chi connectivity index (χ1v) is 9.21. The average Bonchev–Trinajstić information content (AvgIpc) is 3.33. The lowest BCUT2D eigenvalue weighted by Crippen LogP contribution is -2.27. The third-order valence-electron chi connectivity index (χ3n) is 4.79. The Kier molecular flexibility index (Phi) is 5.48. The van der Waals surface area contributed by atoms with E-state index in [4.69, 9.17) is 0 Å². The summed E-state index contributed by atoms with van der Waals surface area (Å²) in [5, 5.41) is 24.1. The normalized spacial score (nSPS) is 11.1. The van der Waals surface area contributed by atoms with Crippen LogP contribution in [0.4, 0.5) is 5.69 Å². The average molecular weight is 400 g/mol. The summed E-state index contributed by atoms with van der Waals surface area (Å²) in [6.07, 6.45) is 3.59. The lowest BCUT2D eigenvalue weighted by Gasteiger charge is -2.15. The van der Waals surface area contributed by atoms with Gasteiger partial charge in [-0.25, -0.2) is 4.68 Å². The monoisotopic (exact) mass is 400 g/mol. The van der Waals surface area contributed by atoms with E-state index in [-0.39, 0.29) is 18.3 Å². The van der Waals surface area contributed by atoms with Gasteiger partial charge >= 0.3 is 5.69 Å². The van der Waals surface area contributed by atoms with Gasteiger partial charge < -0.3 is 4.90 Å². The zero-order valence-corrected chi connectivity index (χ0v) is 17.2. The van der Waals surface area contributed by atoms with Crippen LogP contribution in [0.5, 0.6) is 0 Å². The number of rotatable bonds is 7. The van der Waals surface area contributed by atoms with Crippen molar-refractivity contribution in [3.63, 3.8) is 0 Å². The fraction of sp³-hybridized carbons (Fsp3) is 0.444. The Labute approximate surface area is 167 Å². The quantitative estimate of drug-likeness (QED) is 0.442. The molecule has 1 amide bonds. The molecule has 3 heterocycles. The Morgan fingerprint density at radius 1 is 1.17 bits per heavy atom. The molecular weight excluding hydrogens is 376 g/mol. The first-order chi connectivity index (χ1) is 13.7. The second-order valence-corrected chi connectivity index (χ2v) is 6.91. The number of aromatic nitrogens is 6. The minimum absolute atomic E-state index is 0.00353. The molecule has 11 heteroatoms. The lowest BCUT2D eigenvalue weighted by molar-refractivity contribution is -0.386. The van der Waals surface area contributed by atoms with Crippen molar-refractivity contribution in [2.24, 2.45) is 0 Å². The molecule has 0 unspecified atom stereocenters. The third-order valence-corrected chi connectivity index (χ3v) is 4.79. The van der Waals surface area contributed by atoms with Crippen LogP contribution in [0.25, 0.3) is 0 Å². The molecule has 0 atom stereocenters. The summed E-state index contributed by atoms with van der Waals surface area (Å²) in [4.78, 5) is 25.0. The predicted molar refractivity (Wildman–Crippen MR) is 104 cm³/mol. The minimum atomic E-state index is -0.441. The van der Waals surface area contributed by atoms with E-state index >= 15 is 0 Å². The number of carbonyl (C=O) groups excluding carboxylic acids is 1. The topological polar surface area (TPSA) is 117 Å². The Morgan fingerprint density at radius 2 is 1.90 bits per heavy atom. The largest absolute Gasteiger partial charge is 0.336 e. The summed E-state index contributed by atoms with van der Waals surface area (Å²) < 4.78 is 4.87. The number of carbonyl (C=O) groups is 1. The standard InChI is InChI=1S/C18H24N8O3/c1-6-23-10-15(12(2)19-23)9-22(5)18(27)16-7-8-24(21-16)11-25-14(4)17(26(28)29)13(3)20-25/h7-8,10H,6,9,11H2,1-5H3. The SMILES string of the molecule is CCn1cc(CN(C)C(=O)c2ccn(Cn3nc(C)c([N+](=O)[O-])c3C)n2)c(C)n1. The van der Waals surface area contributed by atoms with E-state index in [0.717, 1.165) is 17.8 Å². The molecule has 0 spiro atoms. The summed E-state index contributed by atoms with van der Waals surface area (Å²) >= 11 is 0. The molecular formula is C18H24N8O3. The van der Waals surface area contributed by atoms with Crippen LogP contribution in [-0.2, 0) is 19.8 Å². The van der Waals surface area contributed by atoms with Crippen LogP contribution in [0.3, 0.4) is 0 Å². The van der Waals surface area contributed by atoms with Crippen molar-refractivity contribution in [3.8, 4) is 0 Å². The number of nitro groups is 1. The number of hydrogen-bond acceptors (Lipinski definition) is 6. The Hall–Kier alpha value is -3.50. The number of aryl methyl sites for hydroxylation is 3. The van der Waals surface area contributed by atoms with Gasteiger partial charge in [-0.1, -0.05) is 0 Å². The molecule has 154 valence electrons. The van der Waals surface area contributed by atoms with Crippen LogP contribution in [0.2, 0.25) is 0 Å². The summed E-state index contributed by atoms with van der Waals surface area (Å²) in [5.41, 5.74) is 2.95. The van der Waals surface area contributed by atoms with E-state index in [1.807, 2.05) is 24.7 Å². The van der Waals surface area contributed by atoms with Gasteiger partial charge in [0, 0.05) is 38.1 Å². The van der Waals surface area contributed by atoms with Gasteiger partial charge in [0.1, 0.15) is 23.8 Å². The highest BCUT2D eigenvalue weighted by molar-refractivity contribution is 5.91. The van der Waals surface area contributed by atoms with Gasteiger partial charge in [-0.3, -0.25) is 24.3 Å². The van der Waals surface area contributed by atoms with Crippen molar-refractivity contribution in [3.05, 3.63) is 56.9 Å². The zero-order chi connectivity index (χ0) is 21.3. The maximum Gasteiger partial charge on any atom is 0.312 e. The molecule has 29 heavy (non-hydrogen) atoms. The van der Waals surface area contributed by atoms with Crippen molar-refractivity contribution in [1.29, 1.82) is 0 Å². The Morgan fingerprint density at radius 3 is 2.48 bits per heavy atom. The maximum absolute atomic E-state index is 12.7. The third kappa shape index (κ3) is 4.03. The Balaban J connectivity index is 1.72. The van der Waals surface area contributed by atoms with Crippen molar-refractivity contribution in [2.75, 3.05) is 7.05 Å². The smallest absolute Gasteiger partial charge is 0.312 e. The minimum Gasteiger partial charge on any atom is -0.336 e. The molecule has 0 saturated carbocycles. The molecule has 0 fully saturated rings. The van der Waals surface area contributed by atoms with E-state index in [0.29, 0.717) is 23.6 Å². The number of amides is 1. The number of nitrogens with zero attached hydrogens (tertiary/aromatic N) is 8. The van der Waals surface area contributed by atoms with Crippen LogP contribution < -0.4 is 0 Å². The molecule has 0 aliphatic rings. The molecule has 0 saturated heterocycles. The molecule has 0 radical (unpaired) electrons. The second-order valence-electron chi connectivity index (χ2n) is 6.91. The Bertz CT molecular complexity index is 1060. The van der Waals surface area contributed by atoms with E-state index in [9.17, 15) is 14.9 Å². The number of hydrogen-bond donors (Lipinski definition) is 0. The van der Waals surface area contributed by atoms with Crippen molar-refractivity contribution in [1.82, 2.24) is 34.2 Å². The molecule has 0 aliphatic heterocycles.